The third-order valence-corrected chi connectivity index (χ3v) is 2.36. The molecule has 1 aromatic rings. The van der Waals surface area contributed by atoms with Gasteiger partial charge in [-0.2, -0.15) is 13.2 Å². The molecule has 5 nitrogen and oxygen atoms in total. The van der Waals surface area contributed by atoms with Crippen molar-refractivity contribution in [1.82, 2.24) is 4.98 Å². The van der Waals surface area contributed by atoms with Gasteiger partial charge in [-0.15, -0.1) is 0 Å². The number of aromatic nitrogens is 1. The number of alkyl halides is 3. The monoisotopic (exact) mass is 278 g/mol. The van der Waals surface area contributed by atoms with Gasteiger partial charge in [-0.25, -0.2) is 9.78 Å². The zero-order valence-electron chi connectivity index (χ0n) is 10.0. The van der Waals surface area contributed by atoms with Crippen LogP contribution in [-0.4, -0.2) is 33.8 Å². The molecule has 0 aliphatic rings. The van der Waals surface area contributed by atoms with Crippen LogP contribution in [0.4, 0.5) is 19.0 Å². The van der Waals surface area contributed by atoms with Gasteiger partial charge in [-0.05, 0) is 25.5 Å². The second-order valence-corrected chi connectivity index (χ2v) is 3.95. The Hall–Kier alpha value is -1.83. The second-order valence-electron chi connectivity index (χ2n) is 3.95. The number of hydrogen-bond donors (Lipinski definition) is 3. The first-order chi connectivity index (χ1) is 8.75. The molecule has 19 heavy (non-hydrogen) atoms. The first kappa shape index (κ1) is 15.2. The quantitative estimate of drug-likeness (QED) is 0.767. The van der Waals surface area contributed by atoms with Gasteiger partial charge in [0.2, 0.25) is 0 Å². The first-order valence-corrected chi connectivity index (χ1v) is 5.44. The van der Waals surface area contributed by atoms with Crippen molar-refractivity contribution >= 4 is 11.8 Å². The number of hydrogen-bond acceptors (Lipinski definition) is 4. The number of anilines is 1. The molecule has 0 fully saturated rings. The van der Waals surface area contributed by atoms with Gasteiger partial charge in [0.1, 0.15) is 17.1 Å². The minimum Gasteiger partial charge on any atom is -0.478 e. The molecule has 0 spiro atoms. The van der Waals surface area contributed by atoms with E-state index in [2.05, 4.69) is 10.3 Å². The maximum atomic E-state index is 12.5. The van der Waals surface area contributed by atoms with Crippen molar-refractivity contribution in [2.75, 3.05) is 11.9 Å². The van der Waals surface area contributed by atoms with Gasteiger partial charge in [-0.1, -0.05) is 0 Å². The Kier molecular flexibility index (Phi) is 4.71. The molecular formula is C11H13F3N2O3. The van der Waals surface area contributed by atoms with E-state index in [0.29, 0.717) is 6.07 Å². The number of carboxylic acids is 1. The molecule has 1 unspecified atom stereocenters. The molecule has 1 rings (SSSR count). The van der Waals surface area contributed by atoms with E-state index in [-0.39, 0.29) is 24.4 Å². The zero-order chi connectivity index (χ0) is 14.6. The zero-order valence-corrected chi connectivity index (χ0v) is 10.0. The Morgan fingerprint density at radius 3 is 2.58 bits per heavy atom. The van der Waals surface area contributed by atoms with Gasteiger partial charge in [0.05, 0.1) is 0 Å². The lowest BCUT2D eigenvalue weighted by Gasteiger charge is -2.16. The molecule has 106 valence electrons. The predicted molar refractivity (Wildman–Crippen MR) is 61.0 cm³/mol. The Balaban J connectivity index is 3.12. The molecule has 3 N–H and O–H groups in total. The molecule has 0 amide bonds. The van der Waals surface area contributed by atoms with Gasteiger partial charge < -0.3 is 15.5 Å². The number of carboxylic acid groups (broad SMARTS) is 1. The summed E-state index contributed by atoms with van der Waals surface area (Å²) in [6, 6.07) is 1.07. The molecule has 1 aromatic heterocycles. The van der Waals surface area contributed by atoms with E-state index in [0.717, 1.165) is 6.07 Å². The summed E-state index contributed by atoms with van der Waals surface area (Å²) in [5.74, 6) is -1.73. The van der Waals surface area contributed by atoms with Crippen LogP contribution in [-0.2, 0) is 6.18 Å². The van der Waals surface area contributed by atoms with Gasteiger partial charge in [0.15, 0.2) is 0 Å². The van der Waals surface area contributed by atoms with Crippen LogP contribution in [0.1, 0.15) is 29.4 Å². The molecule has 0 aliphatic carbocycles. The fourth-order valence-electron chi connectivity index (χ4n) is 1.40. The van der Waals surface area contributed by atoms with Crippen LogP contribution >= 0.6 is 0 Å². The molecule has 1 atom stereocenters. The summed E-state index contributed by atoms with van der Waals surface area (Å²) >= 11 is 0. The van der Waals surface area contributed by atoms with Crippen LogP contribution in [0.25, 0.3) is 0 Å². The van der Waals surface area contributed by atoms with E-state index in [1.807, 2.05) is 0 Å². The van der Waals surface area contributed by atoms with Crippen LogP contribution in [0.5, 0.6) is 0 Å². The third kappa shape index (κ3) is 4.09. The Bertz CT molecular complexity index is 463. The molecule has 1 heterocycles. The minimum absolute atomic E-state index is 0.171. The number of carbonyl (C=O) groups is 1. The molecule has 0 aromatic carbocycles. The van der Waals surface area contributed by atoms with Crippen molar-refractivity contribution in [3.8, 4) is 0 Å². The number of pyridine rings is 1. The lowest BCUT2D eigenvalue weighted by Crippen LogP contribution is -2.21. The van der Waals surface area contributed by atoms with Crippen LogP contribution in [0.15, 0.2) is 12.1 Å². The normalized spacial score (nSPS) is 13.1. The summed E-state index contributed by atoms with van der Waals surface area (Å²) < 4.78 is 37.5. The highest BCUT2D eigenvalue weighted by molar-refractivity contribution is 5.93. The third-order valence-electron chi connectivity index (χ3n) is 2.36. The molecule has 8 heteroatoms. The minimum atomic E-state index is -4.65. The Morgan fingerprint density at radius 1 is 1.47 bits per heavy atom. The molecular weight excluding hydrogens is 265 g/mol. The van der Waals surface area contributed by atoms with Crippen LogP contribution in [0.3, 0.4) is 0 Å². The molecule has 0 radical (unpaired) electrons. The lowest BCUT2D eigenvalue weighted by atomic mass is 10.2. The number of nitrogens with zero attached hydrogens (tertiary/aromatic N) is 1. The van der Waals surface area contributed by atoms with Crippen molar-refractivity contribution in [3.63, 3.8) is 0 Å². The molecule has 0 bridgehead atoms. The Labute approximate surface area is 107 Å². The van der Waals surface area contributed by atoms with Crippen molar-refractivity contribution in [2.24, 2.45) is 0 Å². The summed E-state index contributed by atoms with van der Waals surface area (Å²) in [4.78, 5) is 14.2. The van der Waals surface area contributed by atoms with Crippen molar-refractivity contribution in [1.29, 1.82) is 0 Å². The van der Waals surface area contributed by atoms with E-state index in [4.69, 9.17) is 10.2 Å². The number of aromatic carboxylic acids is 1. The van der Waals surface area contributed by atoms with E-state index in [1.165, 1.54) is 0 Å². The second kappa shape index (κ2) is 5.87. The largest absolute Gasteiger partial charge is 0.478 e. The van der Waals surface area contributed by atoms with E-state index < -0.39 is 23.9 Å². The van der Waals surface area contributed by atoms with Crippen LogP contribution in [0, 0.1) is 0 Å². The topological polar surface area (TPSA) is 82.5 Å². The van der Waals surface area contributed by atoms with Gasteiger partial charge in [0, 0.05) is 12.6 Å². The van der Waals surface area contributed by atoms with Crippen molar-refractivity contribution in [3.05, 3.63) is 23.4 Å². The maximum absolute atomic E-state index is 12.5. The van der Waals surface area contributed by atoms with Gasteiger partial charge >= 0.3 is 12.1 Å². The van der Waals surface area contributed by atoms with Crippen molar-refractivity contribution < 1.29 is 28.2 Å². The molecule has 0 saturated carbocycles. The summed E-state index contributed by atoms with van der Waals surface area (Å²) in [5.41, 5.74) is -1.52. The number of halogens is 3. The van der Waals surface area contributed by atoms with Gasteiger partial charge in [0.25, 0.3) is 0 Å². The SMILES string of the molecule is CC(CCO)Nc1nc(C(F)(F)F)ccc1C(=O)O. The number of aliphatic hydroxyl groups is 1. The van der Waals surface area contributed by atoms with Crippen LogP contribution < -0.4 is 5.32 Å². The molecule has 0 aliphatic heterocycles. The van der Waals surface area contributed by atoms with E-state index >= 15 is 0 Å². The highest BCUT2D eigenvalue weighted by Gasteiger charge is 2.33. The number of rotatable bonds is 5. The maximum Gasteiger partial charge on any atom is 0.433 e. The average molecular weight is 278 g/mol. The predicted octanol–water partition coefficient (Wildman–Crippen LogP) is 1.98. The fraction of sp³-hybridized carbons (Fsp3) is 0.455. The summed E-state index contributed by atoms with van der Waals surface area (Å²) in [6.07, 6.45) is -4.38. The fourth-order valence-corrected chi connectivity index (χ4v) is 1.40. The Morgan fingerprint density at radius 2 is 2.11 bits per heavy atom. The van der Waals surface area contributed by atoms with Crippen molar-refractivity contribution in [2.45, 2.75) is 25.6 Å². The van der Waals surface area contributed by atoms with E-state index in [1.54, 1.807) is 6.92 Å². The average Bonchev–Trinajstić information content (AvgIpc) is 2.27. The number of aliphatic hydroxyl groups excluding tert-OH is 1. The highest BCUT2D eigenvalue weighted by atomic mass is 19.4. The highest BCUT2D eigenvalue weighted by Crippen LogP contribution is 2.29. The number of nitrogens with one attached hydrogen (secondary N) is 1. The summed E-state index contributed by atoms with van der Waals surface area (Å²) in [5, 5.41) is 20.2. The lowest BCUT2D eigenvalue weighted by molar-refractivity contribution is -0.141. The summed E-state index contributed by atoms with van der Waals surface area (Å²) in [7, 11) is 0. The first-order valence-electron chi connectivity index (χ1n) is 5.44. The smallest absolute Gasteiger partial charge is 0.433 e. The summed E-state index contributed by atoms with van der Waals surface area (Å²) in [6.45, 7) is 1.43. The van der Waals surface area contributed by atoms with Gasteiger partial charge in [-0.3, -0.25) is 0 Å². The van der Waals surface area contributed by atoms with Crippen LogP contribution in [0.2, 0.25) is 0 Å². The molecule has 0 saturated heterocycles. The van der Waals surface area contributed by atoms with E-state index in [9.17, 15) is 18.0 Å². The standard InChI is InChI=1S/C11H13F3N2O3/c1-6(4-5-17)15-9-7(10(18)19)2-3-8(16-9)11(12,13)14/h2-3,6,17H,4-5H2,1H3,(H,15,16)(H,18,19).